The molecular weight excluding hydrogens is 611 g/mol. The molecule has 11 aromatic rings. The first kappa shape index (κ1) is 27.1. The summed E-state index contributed by atoms with van der Waals surface area (Å²) in [4.78, 5) is 15.3. The van der Waals surface area contributed by atoms with Crippen LogP contribution in [-0.2, 0) is 0 Å². The Kier molecular flexibility index (Phi) is 5.60. The molecule has 0 N–H and O–H groups in total. The first-order chi connectivity index (χ1) is 24.8. The number of para-hydroxylation sites is 4. The summed E-state index contributed by atoms with van der Waals surface area (Å²) in [5, 5.41) is 7.44. The van der Waals surface area contributed by atoms with Gasteiger partial charge in [-0.1, -0.05) is 140 Å². The quantitative estimate of drug-likeness (QED) is 0.193. The van der Waals surface area contributed by atoms with E-state index in [1.165, 1.54) is 54.4 Å². The van der Waals surface area contributed by atoms with E-state index in [2.05, 4.69) is 142 Å². The van der Waals surface area contributed by atoms with Crippen LogP contribution in [0.5, 0.6) is 0 Å². The minimum Gasteiger partial charge on any atom is -0.308 e. The molecule has 4 heterocycles. The van der Waals surface area contributed by atoms with Crippen molar-refractivity contribution in [3.63, 3.8) is 0 Å². The van der Waals surface area contributed by atoms with Gasteiger partial charge in [0.25, 0.3) is 0 Å². The zero-order chi connectivity index (χ0) is 32.8. The Morgan fingerprint density at radius 2 is 0.820 bits per heavy atom. The van der Waals surface area contributed by atoms with Crippen molar-refractivity contribution in [3.05, 3.63) is 164 Å². The van der Waals surface area contributed by atoms with Gasteiger partial charge in [0.2, 0.25) is 5.95 Å². The summed E-state index contributed by atoms with van der Waals surface area (Å²) in [5.41, 5.74) is 10.1. The highest BCUT2D eigenvalue weighted by Gasteiger charge is 2.21. The molecule has 4 aromatic heterocycles. The van der Waals surface area contributed by atoms with Crippen LogP contribution in [0.4, 0.5) is 0 Å². The van der Waals surface area contributed by atoms with E-state index in [0.717, 1.165) is 27.7 Å². The van der Waals surface area contributed by atoms with Gasteiger partial charge in [0, 0.05) is 43.4 Å². The Balaban J connectivity index is 1.11. The molecule has 0 fully saturated rings. The highest BCUT2D eigenvalue weighted by molar-refractivity contribution is 6.26. The van der Waals surface area contributed by atoms with Crippen LogP contribution in [0, 0.1) is 0 Å². The molecule has 0 amide bonds. The maximum atomic E-state index is 5.15. The molecule has 0 unspecified atom stereocenters. The van der Waals surface area contributed by atoms with Crippen LogP contribution in [-0.4, -0.2) is 23.9 Å². The van der Waals surface area contributed by atoms with Crippen LogP contribution in [0.25, 0.3) is 99.8 Å². The molecule has 0 radical (unpaired) electrons. The average molecular weight is 638 g/mol. The Bertz CT molecular complexity index is 3030. The summed E-state index contributed by atoms with van der Waals surface area (Å²) in [6, 6.07) is 57.7. The van der Waals surface area contributed by atoms with E-state index in [1.54, 1.807) is 0 Å². The summed E-state index contributed by atoms with van der Waals surface area (Å²) in [6.45, 7) is 0. The van der Waals surface area contributed by atoms with E-state index >= 15 is 0 Å². The predicted molar refractivity (Wildman–Crippen MR) is 205 cm³/mol. The number of hydrogen-bond donors (Lipinski definition) is 0. The molecule has 5 nitrogen and oxygen atoms in total. The van der Waals surface area contributed by atoms with Gasteiger partial charge in [0.1, 0.15) is 0 Å². The normalized spacial score (nSPS) is 12.0. The van der Waals surface area contributed by atoms with Gasteiger partial charge in [-0.2, -0.15) is 9.97 Å². The Labute approximate surface area is 286 Å². The Hall–Kier alpha value is -6.85. The molecular formula is C45H27N5. The van der Waals surface area contributed by atoms with Gasteiger partial charge in [-0.15, -0.1) is 0 Å². The molecule has 11 rings (SSSR count). The van der Waals surface area contributed by atoms with Crippen molar-refractivity contribution < 1.29 is 0 Å². The molecule has 232 valence electrons. The molecule has 0 aliphatic heterocycles. The first-order valence-electron chi connectivity index (χ1n) is 16.9. The van der Waals surface area contributed by atoms with Crippen molar-refractivity contribution in [2.45, 2.75) is 0 Å². The summed E-state index contributed by atoms with van der Waals surface area (Å²) in [5.74, 6) is 1.87. The van der Waals surface area contributed by atoms with Crippen LogP contribution in [0.3, 0.4) is 0 Å². The largest absolute Gasteiger partial charge is 0.308 e. The van der Waals surface area contributed by atoms with Crippen LogP contribution in [0.15, 0.2) is 164 Å². The minimum atomic E-state index is 0.596. The second kappa shape index (κ2) is 10.3. The van der Waals surface area contributed by atoms with Crippen LogP contribution in [0.2, 0.25) is 0 Å². The predicted octanol–water partition coefficient (Wildman–Crippen LogP) is 11.1. The number of benzene rings is 7. The van der Waals surface area contributed by atoms with Crippen molar-refractivity contribution in [2.75, 3.05) is 0 Å². The fourth-order valence-electron chi connectivity index (χ4n) is 7.95. The lowest BCUT2D eigenvalue weighted by atomic mass is 9.96. The third-order valence-corrected chi connectivity index (χ3v) is 10.1. The lowest BCUT2D eigenvalue weighted by Crippen LogP contribution is -2.06. The molecule has 7 aromatic carbocycles. The maximum Gasteiger partial charge on any atom is 0.238 e. The summed E-state index contributed by atoms with van der Waals surface area (Å²) in [7, 11) is 0. The van der Waals surface area contributed by atoms with Crippen molar-refractivity contribution in [1.82, 2.24) is 23.9 Å². The van der Waals surface area contributed by atoms with Gasteiger partial charge in [-0.05, 0) is 35.4 Å². The number of fused-ring (bicyclic) bond motifs is 9. The van der Waals surface area contributed by atoms with E-state index in [4.69, 9.17) is 15.0 Å². The zero-order valence-corrected chi connectivity index (χ0v) is 26.8. The molecule has 50 heavy (non-hydrogen) atoms. The monoisotopic (exact) mass is 637 g/mol. The fourth-order valence-corrected chi connectivity index (χ4v) is 7.95. The number of rotatable bonds is 4. The van der Waals surface area contributed by atoms with Gasteiger partial charge >= 0.3 is 0 Å². The number of hydrogen-bond acceptors (Lipinski definition) is 3. The third-order valence-electron chi connectivity index (χ3n) is 10.1. The second-order valence-corrected chi connectivity index (χ2v) is 12.8. The second-order valence-electron chi connectivity index (χ2n) is 12.8. The molecule has 0 atom stereocenters. The standard InChI is InChI=1S/C45H27N5/c1-2-12-29(13-3-1)43-46-44(48-45(47-43)50-38-19-9-4-14-32(38)33-15-5-10-20-39(33)50)30-24-22-28(23-25-30)31-26-27-35-34-16-6-8-18-37(34)49-40-21-11-7-17-36(40)41(31)42(35)49/h1-27H. The topological polar surface area (TPSA) is 48.0 Å². The lowest BCUT2D eigenvalue weighted by Gasteiger charge is -2.11. The van der Waals surface area contributed by atoms with E-state index in [0.29, 0.717) is 17.6 Å². The van der Waals surface area contributed by atoms with Crippen molar-refractivity contribution in [1.29, 1.82) is 0 Å². The molecule has 0 saturated carbocycles. The summed E-state index contributed by atoms with van der Waals surface area (Å²) >= 11 is 0. The van der Waals surface area contributed by atoms with E-state index in [1.807, 2.05) is 30.3 Å². The average Bonchev–Trinajstić information content (AvgIpc) is 3.84. The number of nitrogens with zero attached hydrogens (tertiary/aromatic N) is 5. The summed E-state index contributed by atoms with van der Waals surface area (Å²) < 4.78 is 4.59. The van der Waals surface area contributed by atoms with Crippen LogP contribution in [0.1, 0.15) is 0 Å². The van der Waals surface area contributed by atoms with E-state index < -0.39 is 0 Å². The molecule has 0 aliphatic carbocycles. The third kappa shape index (κ3) is 3.80. The van der Waals surface area contributed by atoms with Gasteiger partial charge in [0.15, 0.2) is 11.6 Å². The van der Waals surface area contributed by atoms with Crippen LogP contribution >= 0.6 is 0 Å². The summed E-state index contributed by atoms with van der Waals surface area (Å²) in [6.07, 6.45) is 0. The first-order valence-corrected chi connectivity index (χ1v) is 16.9. The van der Waals surface area contributed by atoms with Crippen molar-refractivity contribution in [2.24, 2.45) is 0 Å². The maximum absolute atomic E-state index is 5.15. The smallest absolute Gasteiger partial charge is 0.238 e. The SMILES string of the molecule is c1ccc(-c2nc(-c3ccc(-c4ccc5c6ccccc6n6c7ccccc7c4c56)cc3)nc(-n3c4ccccc4c4ccccc43)n2)cc1. The van der Waals surface area contributed by atoms with Gasteiger partial charge < -0.3 is 4.40 Å². The fraction of sp³-hybridized carbons (Fsp3) is 0. The molecule has 5 heteroatoms. The Morgan fingerprint density at radius 3 is 1.46 bits per heavy atom. The molecule has 0 spiro atoms. The highest BCUT2D eigenvalue weighted by atomic mass is 15.2. The molecule has 0 bridgehead atoms. The van der Waals surface area contributed by atoms with Gasteiger partial charge in [-0.25, -0.2) is 4.98 Å². The Morgan fingerprint density at radius 1 is 0.340 bits per heavy atom. The van der Waals surface area contributed by atoms with Crippen LogP contribution < -0.4 is 0 Å². The van der Waals surface area contributed by atoms with E-state index in [-0.39, 0.29) is 0 Å². The van der Waals surface area contributed by atoms with E-state index in [9.17, 15) is 0 Å². The molecule has 0 aliphatic rings. The molecule has 0 saturated heterocycles. The lowest BCUT2D eigenvalue weighted by molar-refractivity contribution is 0.953. The number of aromatic nitrogens is 5. The zero-order valence-electron chi connectivity index (χ0n) is 26.8. The van der Waals surface area contributed by atoms with Gasteiger partial charge in [-0.3, -0.25) is 4.57 Å². The van der Waals surface area contributed by atoms with Gasteiger partial charge in [0.05, 0.1) is 27.6 Å². The minimum absolute atomic E-state index is 0.596. The van der Waals surface area contributed by atoms with Crippen molar-refractivity contribution >= 4 is 59.9 Å². The van der Waals surface area contributed by atoms with Crippen molar-refractivity contribution in [3.8, 4) is 39.9 Å². The highest BCUT2D eigenvalue weighted by Crippen LogP contribution is 2.43.